The maximum absolute atomic E-state index is 14.3. The van der Waals surface area contributed by atoms with Gasteiger partial charge in [0.2, 0.25) is 0 Å². The van der Waals surface area contributed by atoms with E-state index in [2.05, 4.69) is 12.2 Å². The number of carbonyl (C=O) groups is 2. The van der Waals surface area contributed by atoms with E-state index in [9.17, 15) is 14.0 Å². The lowest BCUT2D eigenvalue weighted by molar-refractivity contribution is -0.154. The molecule has 2 atom stereocenters. The van der Waals surface area contributed by atoms with Gasteiger partial charge in [-0.1, -0.05) is 50.8 Å². The molecule has 2 aliphatic rings. The topological polar surface area (TPSA) is 55.4 Å². The summed E-state index contributed by atoms with van der Waals surface area (Å²) in [5.41, 5.74) is -0.562. The van der Waals surface area contributed by atoms with Gasteiger partial charge in [0.1, 0.15) is 5.82 Å². The standard InChI is InChI=1S/C21H28FNO3/c1-15-8-2-5-11-18(15)23-19(24)14-26-20(25)21(12-6-7-13-21)16-9-3-4-10-17(16)22/h3-4,9-10,15,18H,2,5-8,11-14H2,1H3,(H,23,24). The molecule has 2 aliphatic carbocycles. The van der Waals surface area contributed by atoms with Gasteiger partial charge in [-0.25, -0.2) is 4.39 Å². The number of hydrogen-bond donors (Lipinski definition) is 1. The first-order chi connectivity index (χ1) is 12.5. The van der Waals surface area contributed by atoms with Crippen LogP contribution in [0.1, 0.15) is 63.9 Å². The van der Waals surface area contributed by atoms with Crippen molar-refractivity contribution in [2.75, 3.05) is 6.61 Å². The molecule has 0 bridgehead atoms. The minimum atomic E-state index is -0.955. The molecule has 26 heavy (non-hydrogen) atoms. The van der Waals surface area contributed by atoms with E-state index in [1.54, 1.807) is 18.2 Å². The van der Waals surface area contributed by atoms with Crippen molar-refractivity contribution in [3.63, 3.8) is 0 Å². The van der Waals surface area contributed by atoms with Crippen LogP contribution in [0.5, 0.6) is 0 Å². The number of ether oxygens (including phenoxy) is 1. The van der Waals surface area contributed by atoms with Crippen LogP contribution in [0.3, 0.4) is 0 Å². The summed E-state index contributed by atoms with van der Waals surface area (Å²) in [6, 6.07) is 6.54. The average molecular weight is 361 g/mol. The van der Waals surface area contributed by atoms with Crippen LogP contribution in [0.25, 0.3) is 0 Å². The molecular formula is C21H28FNO3. The van der Waals surface area contributed by atoms with Crippen LogP contribution in [0.4, 0.5) is 4.39 Å². The summed E-state index contributed by atoms with van der Waals surface area (Å²) < 4.78 is 19.7. The van der Waals surface area contributed by atoms with Gasteiger partial charge < -0.3 is 10.1 Å². The van der Waals surface area contributed by atoms with Gasteiger partial charge in [-0.15, -0.1) is 0 Å². The van der Waals surface area contributed by atoms with E-state index in [-0.39, 0.29) is 24.4 Å². The van der Waals surface area contributed by atoms with Crippen LogP contribution in [0.2, 0.25) is 0 Å². The molecule has 4 nitrogen and oxygen atoms in total. The molecule has 0 radical (unpaired) electrons. The second kappa shape index (κ2) is 8.19. The van der Waals surface area contributed by atoms with E-state index in [0.29, 0.717) is 24.3 Å². The highest BCUT2D eigenvalue weighted by Crippen LogP contribution is 2.43. The molecule has 0 heterocycles. The molecule has 0 saturated heterocycles. The number of benzene rings is 1. The summed E-state index contributed by atoms with van der Waals surface area (Å²) in [6.45, 7) is 1.85. The molecule has 0 spiro atoms. The Morgan fingerprint density at radius 2 is 1.85 bits per heavy atom. The molecule has 2 saturated carbocycles. The van der Waals surface area contributed by atoms with Gasteiger partial charge in [0.05, 0.1) is 5.41 Å². The third kappa shape index (κ3) is 3.92. The quantitative estimate of drug-likeness (QED) is 0.810. The summed E-state index contributed by atoms with van der Waals surface area (Å²) in [7, 11) is 0. The van der Waals surface area contributed by atoms with Crippen molar-refractivity contribution in [2.24, 2.45) is 5.92 Å². The Morgan fingerprint density at radius 1 is 1.15 bits per heavy atom. The first-order valence-corrected chi connectivity index (χ1v) is 9.74. The molecule has 142 valence electrons. The van der Waals surface area contributed by atoms with Crippen LogP contribution >= 0.6 is 0 Å². The number of amides is 1. The third-order valence-electron chi connectivity index (χ3n) is 6.03. The largest absolute Gasteiger partial charge is 0.455 e. The number of nitrogens with one attached hydrogen (secondary N) is 1. The van der Waals surface area contributed by atoms with Crippen molar-refractivity contribution in [3.05, 3.63) is 35.6 Å². The molecule has 0 aliphatic heterocycles. The molecular weight excluding hydrogens is 333 g/mol. The molecule has 2 unspecified atom stereocenters. The van der Waals surface area contributed by atoms with Crippen molar-refractivity contribution in [1.82, 2.24) is 5.32 Å². The summed E-state index contributed by atoms with van der Waals surface area (Å²) in [4.78, 5) is 25.0. The van der Waals surface area contributed by atoms with Crippen LogP contribution in [-0.2, 0) is 19.7 Å². The number of carbonyl (C=O) groups excluding carboxylic acids is 2. The van der Waals surface area contributed by atoms with E-state index in [0.717, 1.165) is 32.1 Å². The molecule has 5 heteroatoms. The Morgan fingerprint density at radius 3 is 2.54 bits per heavy atom. The molecule has 1 aromatic carbocycles. The van der Waals surface area contributed by atoms with Crippen molar-refractivity contribution >= 4 is 11.9 Å². The summed E-state index contributed by atoms with van der Waals surface area (Å²) >= 11 is 0. The molecule has 3 rings (SSSR count). The monoisotopic (exact) mass is 361 g/mol. The van der Waals surface area contributed by atoms with Crippen LogP contribution < -0.4 is 5.32 Å². The predicted molar refractivity (Wildman–Crippen MR) is 97.1 cm³/mol. The van der Waals surface area contributed by atoms with Gasteiger partial charge in [-0.3, -0.25) is 9.59 Å². The fourth-order valence-electron chi connectivity index (χ4n) is 4.46. The fraction of sp³-hybridized carbons (Fsp3) is 0.619. The normalized spacial score (nSPS) is 24.8. The molecule has 1 amide bonds. The Balaban J connectivity index is 1.62. The zero-order valence-electron chi connectivity index (χ0n) is 15.4. The lowest BCUT2D eigenvalue weighted by atomic mass is 9.78. The summed E-state index contributed by atoms with van der Waals surface area (Å²) in [5, 5.41) is 2.99. The fourth-order valence-corrected chi connectivity index (χ4v) is 4.46. The van der Waals surface area contributed by atoms with E-state index in [4.69, 9.17) is 4.74 Å². The van der Waals surface area contributed by atoms with Gasteiger partial charge in [0.15, 0.2) is 6.61 Å². The van der Waals surface area contributed by atoms with Gasteiger partial charge in [0, 0.05) is 11.6 Å². The SMILES string of the molecule is CC1CCCCC1NC(=O)COC(=O)C1(c2ccccc2F)CCCC1. The Kier molecular flexibility index (Phi) is 5.94. The number of esters is 1. The van der Waals surface area contributed by atoms with Crippen molar-refractivity contribution in [3.8, 4) is 0 Å². The second-order valence-corrected chi connectivity index (χ2v) is 7.78. The lowest BCUT2D eigenvalue weighted by Gasteiger charge is -2.30. The highest BCUT2D eigenvalue weighted by atomic mass is 19.1. The van der Waals surface area contributed by atoms with Crippen molar-refractivity contribution in [2.45, 2.75) is 69.7 Å². The van der Waals surface area contributed by atoms with Gasteiger partial charge in [-0.05, 0) is 37.7 Å². The smallest absolute Gasteiger partial charge is 0.317 e. The first kappa shape index (κ1) is 18.9. The minimum Gasteiger partial charge on any atom is -0.455 e. The Bertz CT molecular complexity index is 654. The molecule has 2 fully saturated rings. The van der Waals surface area contributed by atoms with E-state index in [1.165, 1.54) is 12.5 Å². The maximum Gasteiger partial charge on any atom is 0.317 e. The zero-order chi connectivity index (χ0) is 18.6. The Hall–Kier alpha value is -1.91. The maximum atomic E-state index is 14.3. The predicted octanol–water partition coefficient (Wildman–Crippen LogP) is 3.88. The molecule has 1 aromatic rings. The van der Waals surface area contributed by atoms with Crippen LogP contribution in [0, 0.1) is 11.7 Å². The first-order valence-electron chi connectivity index (χ1n) is 9.74. The molecule has 0 aromatic heterocycles. The van der Waals surface area contributed by atoms with Crippen molar-refractivity contribution in [1.29, 1.82) is 0 Å². The van der Waals surface area contributed by atoms with E-state index < -0.39 is 11.4 Å². The van der Waals surface area contributed by atoms with Crippen LogP contribution in [0.15, 0.2) is 24.3 Å². The van der Waals surface area contributed by atoms with Gasteiger partial charge in [0.25, 0.3) is 5.91 Å². The van der Waals surface area contributed by atoms with Gasteiger partial charge in [-0.2, -0.15) is 0 Å². The molecule has 1 N–H and O–H groups in total. The van der Waals surface area contributed by atoms with E-state index in [1.807, 2.05) is 0 Å². The summed E-state index contributed by atoms with van der Waals surface area (Å²) in [6.07, 6.45) is 7.24. The highest BCUT2D eigenvalue weighted by Gasteiger charge is 2.46. The number of hydrogen-bond acceptors (Lipinski definition) is 3. The number of rotatable bonds is 5. The zero-order valence-corrected chi connectivity index (χ0v) is 15.4. The third-order valence-corrected chi connectivity index (χ3v) is 6.03. The van der Waals surface area contributed by atoms with Crippen molar-refractivity contribution < 1.29 is 18.7 Å². The van der Waals surface area contributed by atoms with Gasteiger partial charge >= 0.3 is 5.97 Å². The lowest BCUT2D eigenvalue weighted by Crippen LogP contribution is -2.44. The second-order valence-electron chi connectivity index (χ2n) is 7.78. The summed E-state index contributed by atoms with van der Waals surface area (Å²) in [5.74, 6) is -0.680. The highest BCUT2D eigenvalue weighted by molar-refractivity contribution is 5.86. The minimum absolute atomic E-state index is 0.155. The Labute approximate surface area is 154 Å². The average Bonchev–Trinajstić information content (AvgIpc) is 3.13. The number of halogens is 1. The van der Waals surface area contributed by atoms with E-state index >= 15 is 0 Å². The van der Waals surface area contributed by atoms with Crippen LogP contribution in [-0.4, -0.2) is 24.5 Å².